The Hall–Kier alpha value is -3.24. The molecule has 1 N–H and O–H groups in total. The molecule has 0 atom stereocenters. The predicted octanol–water partition coefficient (Wildman–Crippen LogP) is 1.92. The van der Waals surface area contributed by atoms with E-state index in [1.165, 1.54) is 22.6 Å². The van der Waals surface area contributed by atoms with Gasteiger partial charge in [0.15, 0.2) is 0 Å². The molecule has 0 spiro atoms. The number of pyridine rings is 2. The van der Waals surface area contributed by atoms with E-state index in [4.69, 9.17) is 0 Å². The fourth-order valence-corrected chi connectivity index (χ4v) is 5.56. The van der Waals surface area contributed by atoms with Crippen molar-refractivity contribution in [1.29, 1.82) is 0 Å². The van der Waals surface area contributed by atoms with Crippen molar-refractivity contribution in [3.8, 4) is 0 Å². The molecule has 1 fully saturated rings. The summed E-state index contributed by atoms with van der Waals surface area (Å²) in [5, 5.41) is 0.182. The van der Waals surface area contributed by atoms with Crippen LogP contribution >= 0.6 is 0 Å². The number of hydrogen-bond donors (Lipinski definition) is 1. The lowest BCUT2D eigenvalue weighted by atomic mass is 10.1. The van der Waals surface area contributed by atoms with Crippen molar-refractivity contribution in [3.63, 3.8) is 0 Å². The Balaban J connectivity index is 1.60. The van der Waals surface area contributed by atoms with Gasteiger partial charge >= 0.3 is 0 Å². The molecule has 0 radical (unpaired) electrons. The second-order valence-electron chi connectivity index (χ2n) is 7.80. The van der Waals surface area contributed by atoms with Crippen LogP contribution in [0.4, 0.5) is 5.82 Å². The number of carbonyl (C=O) groups is 1. The van der Waals surface area contributed by atoms with Crippen molar-refractivity contribution in [2.24, 2.45) is 0 Å². The molecule has 3 aromatic rings. The minimum Gasteiger partial charge on any atom is -0.360 e. The minimum absolute atomic E-state index is 0.00572. The molecule has 0 saturated carbocycles. The Morgan fingerprint density at radius 2 is 1.82 bits per heavy atom. The van der Waals surface area contributed by atoms with Crippen LogP contribution in [0.15, 0.2) is 58.5 Å². The number of amides is 1. The quantitative estimate of drug-likeness (QED) is 0.591. The Bertz CT molecular complexity index is 1310. The van der Waals surface area contributed by atoms with E-state index in [2.05, 4.69) is 14.9 Å². The summed E-state index contributed by atoms with van der Waals surface area (Å²) in [6.07, 6.45) is 3.15. The molecule has 1 amide bonds. The largest absolute Gasteiger partial charge is 0.360 e. The summed E-state index contributed by atoms with van der Waals surface area (Å²) in [6.45, 7) is 6.33. The first-order chi connectivity index (χ1) is 15.9. The zero-order valence-corrected chi connectivity index (χ0v) is 19.5. The summed E-state index contributed by atoms with van der Waals surface area (Å²) in [4.78, 5) is 37.4. The van der Waals surface area contributed by atoms with Crippen LogP contribution in [0.5, 0.6) is 0 Å². The average Bonchev–Trinajstić information content (AvgIpc) is 2.85. The predicted molar refractivity (Wildman–Crippen MR) is 127 cm³/mol. The molecule has 1 aromatic carbocycles. The Labute approximate surface area is 192 Å². The van der Waals surface area contributed by atoms with Gasteiger partial charge in [-0.2, -0.15) is 4.31 Å². The van der Waals surface area contributed by atoms with Crippen LogP contribution in [0, 0.1) is 0 Å². The number of piperazine rings is 1. The van der Waals surface area contributed by atoms with E-state index in [0.717, 1.165) is 5.82 Å². The summed E-state index contributed by atoms with van der Waals surface area (Å²) in [6, 6.07) is 10.1. The smallest absolute Gasteiger partial charge is 0.259 e. The topological polar surface area (TPSA) is 107 Å². The molecule has 0 unspecified atom stereocenters. The van der Waals surface area contributed by atoms with Gasteiger partial charge in [0.05, 0.1) is 4.90 Å². The highest BCUT2D eigenvalue weighted by atomic mass is 32.2. The second-order valence-corrected chi connectivity index (χ2v) is 9.73. The van der Waals surface area contributed by atoms with Gasteiger partial charge in [-0.1, -0.05) is 19.9 Å². The summed E-state index contributed by atoms with van der Waals surface area (Å²) in [5.74, 6) is 0.492. The third-order valence-corrected chi connectivity index (χ3v) is 8.01. The van der Waals surface area contributed by atoms with Gasteiger partial charge in [0, 0.05) is 62.6 Å². The maximum absolute atomic E-state index is 13.2. The first-order valence-corrected chi connectivity index (χ1v) is 12.4. The van der Waals surface area contributed by atoms with Crippen LogP contribution in [0.3, 0.4) is 0 Å². The van der Waals surface area contributed by atoms with Crippen molar-refractivity contribution >= 4 is 32.7 Å². The maximum atomic E-state index is 13.2. The fraction of sp³-hybridized carbons (Fsp3) is 0.348. The molecule has 10 heteroatoms. The Morgan fingerprint density at radius 1 is 1.09 bits per heavy atom. The lowest BCUT2D eigenvalue weighted by Gasteiger charge is -2.35. The third kappa shape index (κ3) is 4.36. The van der Waals surface area contributed by atoms with E-state index in [-0.39, 0.29) is 21.8 Å². The normalized spacial score (nSPS) is 14.8. The summed E-state index contributed by atoms with van der Waals surface area (Å²) in [7, 11) is -3.72. The molecule has 1 saturated heterocycles. The number of anilines is 1. The van der Waals surface area contributed by atoms with E-state index in [1.807, 2.05) is 18.2 Å². The fourth-order valence-electron chi connectivity index (χ4n) is 4.08. The van der Waals surface area contributed by atoms with Crippen molar-refractivity contribution in [1.82, 2.24) is 19.2 Å². The van der Waals surface area contributed by atoms with Gasteiger partial charge in [0.1, 0.15) is 11.4 Å². The highest BCUT2D eigenvalue weighted by molar-refractivity contribution is 7.89. The molecule has 2 aromatic heterocycles. The Kier molecular flexibility index (Phi) is 6.48. The Morgan fingerprint density at radius 3 is 2.45 bits per heavy atom. The molecule has 174 valence electrons. The SMILES string of the molecule is CCN(CC)S(=O)(=O)c1ccc2[nH]cc(C(=O)N3CCN(c4ccccn4)CC3)c(=O)c2c1. The number of aromatic amines is 1. The highest BCUT2D eigenvalue weighted by Gasteiger charge is 2.26. The monoisotopic (exact) mass is 469 g/mol. The number of sulfonamides is 1. The molecule has 3 heterocycles. The minimum atomic E-state index is -3.72. The summed E-state index contributed by atoms with van der Waals surface area (Å²) < 4.78 is 27.1. The van der Waals surface area contributed by atoms with Gasteiger partial charge in [-0.15, -0.1) is 0 Å². The van der Waals surface area contributed by atoms with E-state index >= 15 is 0 Å². The molecule has 1 aliphatic heterocycles. The lowest BCUT2D eigenvalue weighted by molar-refractivity contribution is 0.0745. The van der Waals surface area contributed by atoms with E-state index in [0.29, 0.717) is 44.8 Å². The van der Waals surface area contributed by atoms with Crippen LogP contribution in [0.25, 0.3) is 10.9 Å². The van der Waals surface area contributed by atoms with Crippen LogP contribution in [-0.2, 0) is 10.0 Å². The van der Waals surface area contributed by atoms with Crippen molar-refractivity contribution in [3.05, 3.63) is 64.6 Å². The summed E-state index contributed by atoms with van der Waals surface area (Å²) >= 11 is 0. The first-order valence-electron chi connectivity index (χ1n) is 11.0. The molecule has 1 aliphatic rings. The van der Waals surface area contributed by atoms with E-state index < -0.39 is 15.5 Å². The number of nitrogens with one attached hydrogen (secondary N) is 1. The summed E-state index contributed by atoms with van der Waals surface area (Å²) in [5.41, 5.74) is 0.0127. The van der Waals surface area contributed by atoms with Crippen molar-refractivity contribution < 1.29 is 13.2 Å². The third-order valence-electron chi connectivity index (χ3n) is 5.97. The standard InChI is InChI=1S/C23H27N5O4S/c1-3-28(4-2)33(31,32)17-8-9-20-18(15-17)22(29)19(16-25-20)23(30)27-13-11-26(12-14-27)21-7-5-6-10-24-21/h5-10,15-16H,3-4,11-14H2,1-2H3,(H,25,29). The number of benzene rings is 1. The molecule has 0 aliphatic carbocycles. The number of hydrogen-bond acceptors (Lipinski definition) is 6. The van der Waals surface area contributed by atoms with Crippen LogP contribution in [0.1, 0.15) is 24.2 Å². The van der Waals surface area contributed by atoms with E-state index in [1.54, 1.807) is 31.0 Å². The van der Waals surface area contributed by atoms with Gasteiger partial charge < -0.3 is 14.8 Å². The van der Waals surface area contributed by atoms with E-state index in [9.17, 15) is 18.0 Å². The maximum Gasteiger partial charge on any atom is 0.259 e. The zero-order chi connectivity index (χ0) is 23.6. The van der Waals surface area contributed by atoms with Gasteiger partial charge in [-0.25, -0.2) is 13.4 Å². The molecule has 33 heavy (non-hydrogen) atoms. The van der Waals surface area contributed by atoms with Gasteiger partial charge in [0.2, 0.25) is 15.5 Å². The number of rotatable bonds is 6. The van der Waals surface area contributed by atoms with Crippen LogP contribution < -0.4 is 10.3 Å². The van der Waals surface area contributed by atoms with Crippen molar-refractivity contribution in [2.45, 2.75) is 18.7 Å². The zero-order valence-electron chi connectivity index (χ0n) is 18.7. The molecule has 4 rings (SSSR count). The average molecular weight is 470 g/mol. The van der Waals surface area contributed by atoms with Gasteiger partial charge in [0.25, 0.3) is 5.91 Å². The molecule has 0 bridgehead atoms. The highest BCUT2D eigenvalue weighted by Crippen LogP contribution is 2.20. The number of H-pyrrole nitrogens is 1. The lowest BCUT2D eigenvalue weighted by Crippen LogP contribution is -2.49. The van der Waals surface area contributed by atoms with Crippen molar-refractivity contribution in [2.75, 3.05) is 44.2 Å². The van der Waals surface area contributed by atoms with Gasteiger partial charge in [-0.05, 0) is 30.3 Å². The van der Waals surface area contributed by atoms with Crippen LogP contribution in [-0.4, -0.2) is 72.8 Å². The molecular weight excluding hydrogens is 442 g/mol. The molecular formula is C23H27N5O4S. The van der Waals surface area contributed by atoms with Gasteiger partial charge in [-0.3, -0.25) is 9.59 Å². The number of nitrogens with zero attached hydrogens (tertiary/aromatic N) is 4. The van der Waals surface area contributed by atoms with Crippen LogP contribution in [0.2, 0.25) is 0 Å². The second kappa shape index (κ2) is 9.32. The first kappa shape index (κ1) is 22.9. The molecule has 9 nitrogen and oxygen atoms in total. The number of aromatic nitrogens is 2. The number of fused-ring (bicyclic) bond motifs is 1. The number of carbonyl (C=O) groups excluding carboxylic acids is 1.